The number of rotatable bonds is 6. The van der Waals surface area contributed by atoms with E-state index >= 15 is 0 Å². The molecular formula is C23H34O6. The Labute approximate surface area is 174 Å². The molecule has 0 unspecified atom stereocenters. The fourth-order valence-corrected chi connectivity index (χ4v) is 8.34. The Morgan fingerprint density at radius 2 is 1.97 bits per heavy atom. The summed E-state index contributed by atoms with van der Waals surface area (Å²) in [4.78, 5) is 26.9. The van der Waals surface area contributed by atoms with Crippen LogP contribution < -0.4 is 0 Å². The predicted molar refractivity (Wildman–Crippen MR) is 104 cm³/mol. The maximum absolute atomic E-state index is 13.6. The van der Waals surface area contributed by atoms with E-state index in [4.69, 9.17) is 18.9 Å². The standard InChI is InChI=1S/C23H34O6/c1-5-7-8-13-14-9-10-28-23-15(14)17(19(24)26-3)22(20(25)27-4)11-21(6-2,12-29-23)18(23)16(13)22/h13-18H,5-12H2,1-4H3/t13-,14-,15-,16-,17+,18+,21+,22+,23+/m1/s1/i18D. The van der Waals surface area contributed by atoms with Gasteiger partial charge in [-0.15, -0.1) is 0 Å². The van der Waals surface area contributed by atoms with Crippen LogP contribution in [-0.2, 0) is 28.5 Å². The van der Waals surface area contributed by atoms with E-state index in [2.05, 4.69) is 13.8 Å². The van der Waals surface area contributed by atoms with Gasteiger partial charge in [0.25, 0.3) is 0 Å². The molecule has 2 saturated heterocycles. The number of unbranched alkanes of at least 4 members (excludes halogenated alkanes) is 1. The van der Waals surface area contributed by atoms with Crippen molar-refractivity contribution in [3.05, 3.63) is 0 Å². The van der Waals surface area contributed by atoms with Crippen LogP contribution >= 0.6 is 0 Å². The van der Waals surface area contributed by atoms with Crippen molar-refractivity contribution in [3.8, 4) is 0 Å². The first-order valence-corrected chi connectivity index (χ1v) is 11.3. The van der Waals surface area contributed by atoms with Crippen LogP contribution in [0.1, 0.15) is 53.7 Å². The quantitative estimate of drug-likeness (QED) is 0.630. The van der Waals surface area contributed by atoms with Crippen molar-refractivity contribution in [1.82, 2.24) is 0 Å². The third kappa shape index (κ3) is 2.06. The molecule has 6 nitrogen and oxygen atoms in total. The lowest BCUT2D eigenvalue weighted by molar-refractivity contribution is -0.371. The molecule has 2 heterocycles. The highest BCUT2D eigenvalue weighted by Crippen LogP contribution is 2.82. The lowest BCUT2D eigenvalue weighted by Crippen LogP contribution is -2.74. The van der Waals surface area contributed by atoms with Gasteiger partial charge in [-0.05, 0) is 43.4 Å². The van der Waals surface area contributed by atoms with Crippen LogP contribution in [0.2, 0.25) is 0 Å². The third-order valence-corrected chi connectivity index (χ3v) is 9.15. The number of hydrogen-bond donors (Lipinski definition) is 0. The summed E-state index contributed by atoms with van der Waals surface area (Å²) in [7, 11) is 2.79. The molecule has 6 fully saturated rings. The Morgan fingerprint density at radius 3 is 2.62 bits per heavy atom. The summed E-state index contributed by atoms with van der Waals surface area (Å²) in [6.07, 6.45) is 5.06. The Balaban J connectivity index is 1.80. The van der Waals surface area contributed by atoms with Crippen LogP contribution in [0.25, 0.3) is 0 Å². The molecule has 0 radical (unpaired) electrons. The summed E-state index contributed by atoms with van der Waals surface area (Å²) in [6, 6.07) is 0. The minimum absolute atomic E-state index is 0.194. The van der Waals surface area contributed by atoms with Gasteiger partial charge in [0, 0.05) is 18.6 Å². The first kappa shape index (κ1) is 18.6. The minimum Gasteiger partial charge on any atom is -0.469 e. The highest BCUT2D eigenvalue weighted by atomic mass is 16.7. The van der Waals surface area contributed by atoms with E-state index in [9.17, 15) is 11.0 Å². The monoisotopic (exact) mass is 407 g/mol. The van der Waals surface area contributed by atoms with E-state index in [1.807, 2.05) is 0 Å². The summed E-state index contributed by atoms with van der Waals surface area (Å²) < 4.78 is 33.6. The second-order valence-corrected chi connectivity index (χ2v) is 9.82. The van der Waals surface area contributed by atoms with Crippen molar-refractivity contribution < 1.29 is 29.9 Å². The molecule has 6 bridgehead atoms. The van der Waals surface area contributed by atoms with Gasteiger partial charge >= 0.3 is 11.9 Å². The molecule has 0 N–H and O–H groups in total. The second-order valence-electron chi connectivity index (χ2n) is 9.82. The first-order valence-electron chi connectivity index (χ1n) is 11.8. The average Bonchev–Trinajstić information content (AvgIpc) is 3.12. The second kappa shape index (κ2) is 6.43. The summed E-state index contributed by atoms with van der Waals surface area (Å²) in [6.45, 7) is 5.19. The number of methoxy groups -OCH3 is 2. The van der Waals surface area contributed by atoms with Crippen LogP contribution in [0.3, 0.4) is 0 Å². The number of carbonyl (C=O) groups is 2. The van der Waals surface area contributed by atoms with Crippen LogP contribution in [0.4, 0.5) is 0 Å². The SMILES string of the molecule is [2H][C@@]12[C@H]3[C@H](CCCC)[C@H]4CCO[C@@]15OC[C@]2(CC)C[C@@]3(C(=O)OC)[C@H](C(=O)OC)[C@@H]45. The van der Waals surface area contributed by atoms with E-state index in [1.54, 1.807) is 0 Å². The van der Waals surface area contributed by atoms with Crippen molar-refractivity contribution in [2.75, 3.05) is 27.4 Å². The molecule has 0 aromatic rings. The van der Waals surface area contributed by atoms with Gasteiger partial charge in [0.2, 0.25) is 0 Å². The minimum atomic E-state index is -1.13. The Hall–Kier alpha value is -1.14. The summed E-state index contributed by atoms with van der Waals surface area (Å²) >= 11 is 0. The molecule has 0 amide bonds. The van der Waals surface area contributed by atoms with Gasteiger partial charge in [-0.2, -0.15) is 0 Å². The van der Waals surface area contributed by atoms with Crippen molar-refractivity contribution in [3.63, 3.8) is 0 Å². The molecule has 6 rings (SSSR count). The fourth-order valence-electron chi connectivity index (χ4n) is 8.34. The molecule has 6 aliphatic rings. The Morgan fingerprint density at radius 1 is 1.17 bits per heavy atom. The van der Waals surface area contributed by atoms with Crippen molar-refractivity contribution >= 4 is 11.9 Å². The van der Waals surface area contributed by atoms with Gasteiger partial charge in [-0.25, -0.2) is 0 Å². The topological polar surface area (TPSA) is 71.1 Å². The van der Waals surface area contributed by atoms with Gasteiger partial charge in [0.15, 0.2) is 5.79 Å². The van der Waals surface area contributed by atoms with Crippen molar-refractivity contribution in [1.29, 1.82) is 0 Å². The molecule has 1 spiro atoms. The fraction of sp³-hybridized carbons (Fsp3) is 0.913. The van der Waals surface area contributed by atoms with Gasteiger partial charge in [-0.1, -0.05) is 26.7 Å². The first-order chi connectivity index (χ1) is 14.3. The molecular weight excluding hydrogens is 372 g/mol. The van der Waals surface area contributed by atoms with Crippen molar-refractivity contribution in [2.24, 2.45) is 46.3 Å². The number of carbonyl (C=O) groups excluding carboxylic acids is 2. The lowest BCUT2D eigenvalue weighted by atomic mass is 9.40. The molecule has 4 saturated carbocycles. The molecule has 29 heavy (non-hydrogen) atoms. The Kier molecular flexibility index (Phi) is 4.13. The maximum atomic E-state index is 13.6. The van der Waals surface area contributed by atoms with Crippen LogP contribution in [0.5, 0.6) is 0 Å². The van der Waals surface area contributed by atoms with E-state index in [1.165, 1.54) is 14.2 Å². The lowest BCUT2D eigenvalue weighted by Gasteiger charge is -2.67. The normalized spacial score (nSPS) is 54.2. The van der Waals surface area contributed by atoms with E-state index < -0.39 is 28.4 Å². The molecule has 0 aromatic carbocycles. The number of ether oxygens (including phenoxy) is 4. The van der Waals surface area contributed by atoms with Crippen molar-refractivity contribution in [2.45, 2.75) is 58.2 Å². The Bertz CT molecular complexity index is 773. The average molecular weight is 408 g/mol. The predicted octanol–water partition coefficient (Wildman–Crippen LogP) is 3.18. The number of esters is 2. The molecule has 2 aliphatic heterocycles. The van der Waals surface area contributed by atoms with Gasteiger partial charge in [0.05, 0.1) is 38.8 Å². The zero-order chi connectivity index (χ0) is 21.5. The maximum Gasteiger partial charge on any atom is 0.313 e. The van der Waals surface area contributed by atoms with Crippen LogP contribution in [-0.4, -0.2) is 45.2 Å². The molecule has 4 aliphatic carbocycles. The summed E-state index contributed by atoms with van der Waals surface area (Å²) in [5.41, 5.74) is -1.56. The van der Waals surface area contributed by atoms with Gasteiger partial charge in [0.1, 0.15) is 0 Å². The summed E-state index contributed by atoms with van der Waals surface area (Å²) in [5, 5.41) is 0. The number of hydrogen-bond acceptors (Lipinski definition) is 6. The zero-order valence-corrected chi connectivity index (χ0v) is 18.0. The molecule has 9 atom stereocenters. The van der Waals surface area contributed by atoms with E-state index in [0.717, 1.165) is 25.7 Å². The van der Waals surface area contributed by atoms with Gasteiger partial charge < -0.3 is 18.9 Å². The highest BCUT2D eigenvalue weighted by Gasteiger charge is 2.88. The molecule has 0 aromatic heterocycles. The van der Waals surface area contributed by atoms with E-state index in [0.29, 0.717) is 26.1 Å². The van der Waals surface area contributed by atoms with Gasteiger partial charge in [-0.3, -0.25) is 9.59 Å². The van der Waals surface area contributed by atoms with E-state index in [-0.39, 0.29) is 35.6 Å². The zero-order valence-electron chi connectivity index (χ0n) is 19.0. The van der Waals surface area contributed by atoms with Crippen LogP contribution in [0.15, 0.2) is 0 Å². The molecule has 6 heteroatoms. The summed E-state index contributed by atoms with van der Waals surface area (Å²) in [5.74, 6) is -3.90. The van der Waals surface area contributed by atoms with Crippen LogP contribution in [0, 0.1) is 46.3 Å². The molecule has 162 valence electrons. The highest BCUT2D eigenvalue weighted by molar-refractivity contribution is 5.88. The smallest absolute Gasteiger partial charge is 0.313 e. The third-order valence-electron chi connectivity index (χ3n) is 9.15. The largest absolute Gasteiger partial charge is 0.469 e.